The van der Waals surface area contributed by atoms with E-state index in [1.54, 1.807) is 0 Å². The van der Waals surface area contributed by atoms with Crippen LogP contribution in [0.5, 0.6) is 0 Å². The monoisotopic (exact) mass is 973 g/mol. The summed E-state index contributed by atoms with van der Waals surface area (Å²) in [4.78, 5) is 12.9. The Kier molecular flexibility index (Phi) is 43.0. The predicted molar refractivity (Wildman–Crippen MR) is 271 cm³/mol. The molecule has 0 bridgehead atoms. The van der Waals surface area contributed by atoms with Gasteiger partial charge in [0.15, 0.2) is 6.29 Å². The lowest BCUT2D eigenvalue weighted by Crippen LogP contribution is -2.60. The van der Waals surface area contributed by atoms with E-state index in [0.29, 0.717) is 13.0 Å². The highest BCUT2D eigenvalue weighted by Crippen LogP contribution is 2.26. The number of allylic oxidation sites excluding steroid dienone is 6. The van der Waals surface area contributed by atoms with Gasteiger partial charge in [0, 0.05) is 13.0 Å². The fourth-order valence-corrected chi connectivity index (χ4v) is 8.96. The molecule has 0 spiro atoms. The van der Waals surface area contributed by atoms with Crippen LogP contribution >= 0.6 is 0 Å². The summed E-state index contributed by atoms with van der Waals surface area (Å²) in [5.41, 5.74) is 0. The highest BCUT2D eigenvalue weighted by molar-refractivity contribution is 7.80. The molecule has 13 heteroatoms. The molecular formula is C54H100O12S. The molecule has 394 valence electrons. The Bertz CT molecular complexity index is 1310. The van der Waals surface area contributed by atoms with E-state index < -0.39 is 59.8 Å². The summed E-state index contributed by atoms with van der Waals surface area (Å²) >= 11 is 0. The molecule has 0 aromatic rings. The number of rotatable bonds is 48. The van der Waals surface area contributed by atoms with Gasteiger partial charge in [-0.25, -0.2) is 4.18 Å². The minimum Gasteiger partial charge on any atom is -0.457 e. The van der Waals surface area contributed by atoms with Crippen LogP contribution in [0.4, 0.5) is 0 Å². The molecule has 0 aromatic carbocycles. The number of aliphatic hydroxyl groups excluding tert-OH is 3. The molecule has 4 N–H and O–H groups in total. The second-order valence-electron chi connectivity index (χ2n) is 18.8. The Balaban J connectivity index is 2.30. The topological polar surface area (TPSA) is 178 Å². The van der Waals surface area contributed by atoms with E-state index in [0.717, 1.165) is 70.6 Å². The summed E-state index contributed by atoms with van der Waals surface area (Å²) in [5.74, 6) is -0.400. The largest absolute Gasteiger partial charge is 0.457 e. The molecule has 1 aliphatic heterocycles. The summed E-state index contributed by atoms with van der Waals surface area (Å²) < 4.78 is 59.3. The number of ether oxygens (including phenoxy) is 4. The molecule has 1 rings (SSSR count). The highest BCUT2D eigenvalue weighted by atomic mass is 32.3. The van der Waals surface area contributed by atoms with Gasteiger partial charge in [-0.05, 0) is 44.9 Å². The lowest BCUT2D eigenvalue weighted by Gasteiger charge is -2.41. The molecule has 67 heavy (non-hydrogen) atoms. The SMILES string of the molecule is CC/C=C\C/C=C\C/C=C\CCCCCCCCOCC(COC1OC(CO)C(O)C(OS(=O)(=O)O)C1O)OC(=O)CCCCCCCCCCCCCCCCCCCCCCCCCC. The molecule has 1 heterocycles. The van der Waals surface area contributed by atoms with Gasteiger partial charge in [0.05, 0.1) is 19.8 Å². The number of aliphatic hydroxyl groups is 3. The number of hydrogen-bond acceptors (Lipinski definition) is 11. The first-order chi connectivity index (χ1) is 32.6. The molecule has 0 aliphatic carbocycles. The molecule has 1 aliphatic rings. The fraction of sp³-hybridized carbons (Fsp3) is 0.870. The molecular weight excluding hydrogens is 873 g/mol. The first-order valence-corrected chi connectivity index (χ1v) is 28.6. The van der Waals surface area contributed by atoms with Gasteiger partial charge in [-0.2, -0.15) is 8.42 Å². The standard InChI is InChI=1S/C54H100O12S/c1-3-5-7-9-11-13-15-17-19-21-22-23-24-25-26-27-28-29-31-33-35-37-39-41-43-50(56)64-48(47-63-54-52(58)53(66-67(59,60)61)51(57)49(45-55)65-54)46-62-44-42-40-38-36-34-32-30-20-18-16-14-12-10-8-6-4-2/h6,8,12,14,18,20,48-49,51-55,57-58H,3-5,7,9-11,13,15-17,19,21-47H2,1-2H3,(H,59,60,61)/b8-6-,14-12-,20-18-. The van der Waals surface area contributed by atoms with Gasteiger partial charge in [0.25, 0.3) is 0 Å². The molecule has 0 radical (unpaired) electrons. The van der Waals surface area contributed by atoms with Crippen LogP contribution in [0, 0.1) is 0 Å². The van der Waals surface area contributed by atoms with Crippen molar-refractivity contribution in [2.24, 2.45) is 0 Å². The van der Waals surface area contributed by atoms with Crippen molar-refractivity contribution >= 4 is 16.4 Å². The quantitative estimate of drug-likeness (QED) is 0.0197. The normalized spacial score (nSPS) is 19.6. The molecule has 6 unspecified atom stereocenters. The van der Waals surface area contributed by atoms with Crippen LogP contribution in [0.2, 0.25) is 0 Å². The van der Waals surface area contributed by atoms with E-state index in [4.69, 9.17) is 18.9 Å². The van der Waals surface area contributed by atoms with Gasteiger partial charge in [-0.15, -0.1) is 0 Å². The van der Waals surface area contributed by atoms with Crippen molar-refractivity contribution in [2.75, 3.05) is 26.4 Å². The molecule has 1 fully saturated rings. The molecule has 0 aromatic heterocycles. The van der Waals surface area contributed by atoms with Crippen LogP contribution in [0.3, 0.4) is 0 Å². The van der Waals surface area contributed by atoms with E-state index in [2.05, 4.69) is 54.5 Å². The van der Waals surface area contributed by atoms with E-state index in [-0.39, 0.29) is 19.6 Å². The molecule has 0 saturated carbocycles. The smallest absolute Gasteiger partial charge is 0.397 e. The van der Waals surface area contributed by atoms with E-state index in [1.807, 2.05) is 0 Å². The van der Waals surface area contributed by atoms with Gasteiger partial charge < -0.3 is 34.3 Å². The van der Waals surface area contributed by atoms with Crippen molar-refractivity contribution in [3.8, 4) is 0 Å². The third-order valence-corrected chi connectivity index (χ3v) is 13.0. The zero-order chi connectivity index (χ0) is 48.9. The van der Waals surface area contributed by atoms with E-state index in [9.17, 15) is 33.1 Å². The summed E-state index contributed by atoms with van der Waals surface area (Å²) in [6, 6.07) is 0. The zero-order valence-electron chi connectivity index (χ0n) is 42.5. The Morgan fingerprint density at radius 1 is 0.582 bits per heavy atom. The van der Waals surface area contributed by atoms with Crippen LogP contribution in [-0.2, 0) is 38.3 Å². The number of carbonyl (C=O) groups is 1. The first kappa shape index (κ1) is 63.3. The Hall–Kier alpha value is -1.68. The van der Waals surface area contributed by atoms with Crippen LogP contribution in [-0.4, -0.2) is 97.5 Å². The number of carbonyl (C=O) groups excluding carboxylic acids is 1. The lowest BCUT2D eigenvalue weighted by molar-refractivity contribution is -0.301. The van der Waals surface area contributed by atoms with E-state index >= 15 is 0 Å². The Morgan fingerprint density at radius 2 is 1.03 bits per heavy atom. The van der Waals surface area contributed by atoms with Crippen LogP contribution in [0.15, 0.2) is 36.5 Å². The maximum atomic E-state index is 12.9. The molecule has 6 atom stereocenters. The van der Waals surface area contributed by atoms with Crippen molar-refractivity contribution in [2.45, 2.75) is 275 Å². The summed E-state index contributed by atoms with van der Waals surface area (Å²) in [5, 5.41) is 30.8. The first-order valence-electron chi connectivity index (χ1n) is 27.2. The lowest BCUT2D eigenvalue weighted by atomic mass is 9.99. The van der Waals surface area contributed by atoms with Gasteiger partial charge in [0.1, 0.15) is 30.5 Å². The second kappa shape index (κ2) is 45.5. The minimum atomic E-state index is -5.07. The fourth-order valence-electron chi connectivity index (χ4n) is 8.45. The van der Waals surface area contributed by atoms with Crippen LogP contribution in [0.25, 0.3) is 0 Å². The van der Waals surface area contributed by atoms with Gasteiger partial charge in [-0.1, -0.05) is 224 Å². The van der Waals surface area contributed by atoms with Crippen molar-refractivity contribution in [1.29, 1.82) is 0 Å². The average Bonchev–Trinajstić information content (AvgIpc) is 3.30. The zero-order valence-corrected chi connectivity index (χ0v) is 43.3. The van der Waals surface area contributed by atoms with Crippen molar-refractivity contribution in [3.63, 3.8) is 0 Å². The van der Waals surface area contributed by atoms with Crippen molar-refractivity contribution < 1.29 is 56.2 Å². The Morgan fingerprint density at radius 3 is 1.51 bits per heavy atom. The second-order valence-corrected chi connectivity index (χ2v) is 19.8. The Labute approximate surface area is 409 Å². The number of esters is 1. The molecule has 0 amide bonds. The summed E-state index contributed by atoms with van der Waals surface area (Å²) in [7, 11) is -5.07. The molecule has 1 saturated heterocycles. The third kappa shape index (κ3) is 38.7. The molecule has 12 nitrogen and oxygen atoms in total. The average molecular weight is 973 g/mol. The highest BCUT2D eigenvalue weighted by Gasteiger charge is 2.48. The maximum Gasteiger partial charge on any atom is 0.397 e. The van der Waals surface area contributed by atoms with Gasteiger partial charge >= 0.3 is 16.4 Å². The predicted octanol–water partition coefficient (Wildman–Crippen LogP) is 12.9. The number of unbranched alkanes of at least 4 members (excludes halogenated alkanes) is 29. The van der Waals surface area contributed by atoms with Gasteiger partial charge in [0.2, 0.25) is 0 Å². The van der Waals surface area contributed by atoms with Crippen LogP contribution < -0.4 is 0 Å². The third-order valence-electron chi connectivity index (χ3n) is 12.5. The number of hydrogen-bond donors (Lipinski definition) is 4. The van der Waals surface area contributed by atoms with Crippen molar-refractivity contribution in [3.05, 3.63) is 36.5 Å². The summed E-state index contributed by atoms with van der Waals surface area (Å²) in [6.45, 7) is 3.89. The van der Waals surface area contributed by atoms with Gasteiger partial charge in [-0.3, -0.25) is 9.35 Å². The summed E-state index contributed by atoms with van der Waals surface area (Å²) in [6.07, 6.45) is 46.2. The van der Waals surface area contributed by atoms with E-state index in [1.165, 1.54) is 141 Å². The minimum absolute atomic E-state index is 0.0297. The van der Waals surface area contributed by atoms with Crippen LogP contribution in [0.1, 0.15) is 239 Å². The van der Waals surface area contributed by atoms with Crippen molar-refractivity contribution in [1.82, 2.24) is 0 Å². The maximum absolute atomic E-state index is 12.9.